The lowest BCUT2D eigenvalue weighted by Gasteiger charge is -2.26. The van der Waals surface area contributed by atoms with Gasteiger partial charge in [0.05, 0.1) is 19.8 Å². The second-order valence-corrected chi connectivity index (χ2v) is 4.67. The van der Waals surface area contributed by atoms with Gasteiger partial charge in [-0.3, -0.25) is 0 Å². The summed E-state index contributed by atoms with van der Waals surface area (Å²) in [5.41, 5.74) is 2.83. The summed E-state index contributed by atoms with van der Waals surface area (Å²) in [4.78, 5) is 14.0. The van der Waals surface area contributed by atoms with Crippen LogP contribution >= 0.6 is 0 Å². The molecule has 0 atom stereocenters. The molecular formula is C15H19NO3. The van der Waals surface area contributed by atoms with E-state index in [-0.39, 0.29) is 5.97 Å². The van der Waals surface area contributed by atoms with Gasteiger partial charge in [0.25, 0.3) is 0 Å². The summed E-state index contributed by atoms with van der Waals surface area (Å²) < 4.78 is 10.1. The Morgan fingerprint density at radius 2 is 2.11 bits per heavy atom. The van der Waals surface area contributed by atoms with Gasteiger partial charge in [-0.05, 0) is 36.7 Å². The first kappa shape index (κ1) is 13.6. The maximum Gasteiger partial charge on any atom is 0.335 e. The van der Waals surface area contributed by atoms with Crippen molar-refractivity contribution in [1.29, 1.82) is 0 Å². The first-order chi connectivity index (χ1) is 9.15. The Kier molecular flexibility index (Phi) is 4.22. The van der Waals surface area contributed by atoms with Gasteiger partial charge in [0, 0.05) is 13.1 Å². The second kappa shape index (κ2) is 5.89. The van der Waals surface area contributed by atoms with Crippen LogP contribution in [0.4, 0.5) is 0 Å². The van der Waals surface area contributed by atoms with E-state index < -0.39 is 0 Å². The zero-order chi connectivity index (χ0) is 13.8. The number of likely N-dealkylation sites (N-methyl/N-ethyl adjacent to an activating group) is 1. The molecule has 0 aliphatic carbocycles. The van der Waals surface area contributed by atoms with Crippen molar-refractivity contribution in [3.05, 3.63) is 35.4 Å². The first-order valence-electron chi connectivity index (χ1n) is 6.29. The van der Waals surface area contributed by atoms with Gasteiger partial charge in [-0.2, -0.15) is 0 Å². The molecule has 2 rings (SSSR count). The van der Waals surface area contributed by atoms with E-state index in [0.29, 0.717) is 6.54 Å². The third-order valence-corrected chi connectivity index (χ3v) is 3.39. The summed E-state index contributed by atoms with van der Waals surface area (Å²) in [6, 6.07) is 7.81. The number of hydrogen-bond donors (Lipinski definition) is 0. The van der Waals surface area contributed by atoms with Gasteiger partial charge in [0.15, 0.2) is 0 Å². The van der Waals surface area contributed by atoms with Gasteiger partial charge >= 0.3 is 5.97 Å². The van der Waals surface area contributed by atoms with E-state index in [1.165, 1.54) is 7.11 Å². The molecule has 1 aliphatic heterocycles. The van der Waals surface area contributed by atoms with Gasteiger partial charge in [0.2, 0.25) is 0 Å². The van der Waals surface area contributed by atoms with E-state index in [1.54, 1.807) is 7.11 Å². The standard InChI is InChI=1S/C15H19NO3/c1-16-8-7-13(14(10-16)15(17)19-3)11-5-4-6-12(9-11)18-2/h4-6,9H,7-8,10H2,1-3H3. The fourth-order valence-corrected chi connectivity index (χ4v) is 2.34. The molecular weight excluding hydrogens is 242 g/mol. The van der Waals surface area contributed by atoms with Crippen LogP contribution in [0.15, 0.2) is 29.8 Å². The van der Waals surface area contributed by atoms with Crippen molar-refractivity contribution in [2.24, 2.45) is 0 Å². The Bertz CT molecular complexity index is 508. The van der Waals surface area contributed by atoms with E-state index in [9.17, 15) is 4.79 Å². The van der Waals surface area contributed by atoms with Crippen molar-refractivity contribution >= 4 is 11.5 Å². The number of carbonyl (C=O) groups is 1. The van der Waals surface area contributed by atoms with E-state index in [4.69, 9.17) is 9.47 Å². The molecule has 19 heavy (non-hydrogen) atoms. The zero-order valence-electron chi connectivity index (χ0n) is 11.6. The molecule has 1 heterocycles. The maximum atomic E-state index is 11.9. The molecule has 1 aromatic carbocycles. The number of hydrogen-bond acceptors (Lipinski definition) is 4. The highest BCUT2D eigenvalue weighted by Crippen LogP contribution is 2.29. The van der Waals surface area contributed by atoms with Gasteiger partial charge in [-0.25, -0.2) is 4.79 Å². The molecule has 0 fully saturated rings. The number of rotatable bonds is 3. The largest absolute Gasteiger partial charge is 0.497 e. The minimum atomic E-state index is -0.246. The summed E-state index contributed by atoms with van der Waals surface area (Å²) >= 11 is 0. The lowest BCUT2D eigenvalue weighted by molar-refractivity contribution is -0.136. The van der Waals surface area contributed by atoms with E-state index >= 15 is 0 Å². The molecule has 0 N–H and O–H groups in total. The SMILES string of the molecule is COC(=O)C1=C(c2cccc(OC)c2)CCN(C)C1. The normalized spacial score (nSPS) is 16.4. The molecule has 4 nitrogen and oxygen atoms in total. The maximum absolute atomic E-state index is 11.9. The Morgan fingerprint density at radius 1 is 1.32 bits per heavy atom. The molecule has 1 aromatic rings. The summed E-state index contributed by atoms with van der Waals surface area (Å²) in [5.74, 6) is 0.553. The van der Waals surface area contributed by atoms with Crippen LogP contribution in [0, 0.1) is 0 Å². The molecule has 0 aromatic heterocycles. The van der Waals surface area contributed by atoms with Gasteiger partial charge in [-0.1, -0.05) is 12.1 Å². The zero-order valence-corrected chi connectivity index (χ0v) is 11.6. The molecule has 0 unspecified atom stereocenters. The van der Waals surface area contributed by atoms with Gasteiger partial charge in [0.1, 0.15) is 5.75 Å². The van der Waals surface area contributed by atoms with Crippen LogP contribution < -0.4 is 4.74 Å². The highest BCUT2D eigenvalue weighted by molar-refractivity contribution is 5.98. The summed E-state index contributed by atoms with van der Waals surface area (Å²) in [6.45, 7) is 1.56. The molecule has 0 saturated heterocycles. The topological polar surface area (TPSA) is 38.8 Å². The summed E-state index contributed by atoms with van der Waals surface area (Å²) in [7, 11) is 5.07. The van der Waals surface area contributed by atoms with Gasteiger partial charge < -0.3 is 14.4 Å². The number of carbonyl (C=O) groups excluding carboxylic acids is 1. The second-order valence-electron chi connectivity index (χ2n) is 4.67. The quantitative estimate of drug-likeness (QED) is 0.780. The highest BCUT2D eigenvalue weighted by atomic mass is 16.5. The molecule has 0 bridgehead atoms. The predicted octanol–water partition coefficient (Wildman–Crippen LogP) is 1.96. The van der Waals surface area contributed by atoms with Crippen LogP contribution in [-0.4, -0.2) is 45.2 Å². The van der Waals surface area contributed by atoms with Crippen molar-refractivity contribution in [2.75, 3.05) is 34.4 Å². The number of methoxy groups -OCH3 is 2. The third kappa shape index (κ3) is 2.96. The fourth-order valence-electron chi connectivity index (χ4n) is 2.34. The average molecular weight is 261 g/mol. The van der Waals surface area contributed by atoms with E-state index in [1.807, 2.05) is 31.3 Å². The van der Waals surface area contributed by atoms with Crippen molar-refractivity contribution in [3.63, 3.8) is 0 Å². The smallest absolute Gasteiger partial charge is 0.335 e. The molecule has 0 spiro atoms. The van der Waals surface area contributed by atoms with Crippen molar-refractivity contribution in [1.82, 2.24) is 4.90 Å². The van der Waals surface area contributed by atoms with Crippen LogP contribution in [0.2, 0.25) is 0 Å². The van der Waals surface area contributed by atoms with Crippen molar-refractivity contribution < 1.29 is 14.3 Å². The number of benzene rings is 1. The Labute approximate surface area is 113 Å². The van der Waals surface area contributed by atoms with Crippen LogP contribution in [0.1, 0.15) is 12.0 Å². The van der Waals surface area contributed by atoms with Crippen molar-refractivity contribution in [3.8, 4) is 5.75 Å². The van der Waals surface area contributed by atoms with Gasteiger partial charge in [-0.15, -0.1) is 0 Å². The van der Waals surface area contributed by atoms with E-state index in [0.717, 1.165) is 35.4 Å². The number of esters is 1. The summed E-state index contributed by atoms with van der Waals surface area (Å²) in [6.07, 6.45) is 0.841. The molecule has 102 valence electrons. The molecule has 0 saturated carbocycles. The third-order valence-electron chi connectivity index (χ3n) is 3.39. The Balaban J connectivity index is 2.44. The lowest BCUT2D eigenvalue weighted by atomic mass is 9.93. The molecule has 0 radical (unpaired) electrons. The fraction of sp³-hybridized carbons (Fsp3) is 0.400. The number of ether oxygens (including phenoxy) is 2. The monoisotopic (exact) mass is 261 g/mol. The minimum Gasteiger partial charge on any atom is -0.497 e. The Morgan fingerprint density at radius 3 is 2.79 bits per heavy atom. The average Bonchev–Trinajstić information content (AvgIpc) is 2.46. The first-order valence-corrected chi connectivity index (χ1v) is 6.29. The summed E-state index contributed by atoms with van der Waals surface area (Å²) in [5, 5.41) is 0. The molecule has 4 heteroatoms. The van der Waals surface area contributed by atoms with Crippen molar-refractivity contribution in [2.45, 2.75) is 6.42 Å². The van der Waals surface area contributed by atoms with Crippen LogP contribution in [0.3, 0.4) is 0 Å². The molecule has 1 aliphatic rings. The van der Waals surface area contributed by atoms with E-state index in [2.05, 4.69) is 4.90 Å². The Hall–Kier alpha value is -1.81. The number of nitrogens with zero attached hydrogens (tertiary/aromatic N) is 1. The molecule has 0 amide bonds. The van der Waals surface area contributed by atoms with Crippen LogP contribution in [0.5, 0.6) is 5.75 Å². The highest BCUT2D eigenvalue weighted by Gasteiger charge is 2.23. The lowest BCUT2D eigenvalue weighted by Crippen LogP contribution is -2.31. The van der Waals surface area contributed by atoms with Crippen LogP contribution in [0.25, 0.3) is 5.57 Å². The minimum absolute atomic E-state index is 0.246. The van der Waals surface area contributed by atoms with Crippen LogP contribution in [-0.2, 0) is 9.53 Å². The predicted molar refractivity (Wildman–Crippen MR) is 74.0 cm³/mol.